The van der Waals surface area contributed by atoms with Crippen molar-refractivity contribution < 1.29 is 86.7 Å². The molecule has 35 heavy (non-hydrogen) atoms. The molecule has 3 rings (SSSR count). The van der Waals surface area contributed by atoms with Crippen LogP contribution < -0.4 is 70.1 Å². The molecular weight excluding hydrogens is 520 g/mol. The van der Waals surface area contributed by atoms with E-state index in [-0.39, 0.29) is 104 Å². The van der Waals surface area contributed by atoms with Gasteiger partial charge < -0.3 is 15.5 Å². The number of nitrogen functional groups attached to an aromatic ring is 1. The summed E-state index contributed by atoms with van der Waals surface area (Å²) in [4.78, 5) is -0.413. The van der Waals surface area contributed by atoms with Crippen LogP contribution in [0.4, 0.5) is 17.2 Å². The van der Waals surface area contributed by atoms with Crippen molar-refractivity contribution >= 4 is 39.4 Å². The number of anilines is 1. The first-order valence-electron chi connectivity index (χ1n) is 8.64. The Balaban J connectivity index is 0.00000306. The minimum Gasteiger partial charge on any atom is -0.744 e. The van der Waals surface area contributed by atoms with E-state index < -0.39 is 15.0 Å². The fourth-order valence-electron chi connectivity index (χ4n) is 2.72. The Kier molecular flexibility index (Phi) is 12.0. The molecule has 0 bridgehead atoms. The topological polar surface area (TPSA) is 215 Å². The predicted molar refractivity (Wildman–Crippen MR) is 109 cm³/mol. The molecular formula is C18H11N7Na2O6S2. The molecule has 1 heterocycles. The fourth-order valence-corrected chi connectivity index (χ4v) is 3.74. The van der Waals surface area contributed by atoms with Crippen LogP contribution in [0.25, 0.3) is 5.69 Å². The molecule has 0 radical (unpaired) electrons. The normalized spacial score (nSPS) is 10.8. The van der Waals surface area contributed by atoms with Gasteiger partial charge >= 0.3 is 59.1 Å². The van der Waals surface area contributed by atoms with Crippen LogP contribution in [-0.2, 0) is 19.5 Å². The second kappa shape index (κ2) is 13.5. The molecule has 2 N–H and O–H groups in total. The average molecular weight is 531 g/mol. The molecule has 168 valence electrons. The standard InChI is InChI=1S/C18H13N7O6S2.2Na/c1-10-17(23-22-13-3-2-11(8-19)12(6-13)9-20)18(21)25(24-10)15-7-14(32-31-30-26)4-5-16(15)33(27,28)29;;/h2-7,26H,21H2,1H3,(H,27,28,29);;/q;2*+1/p-2. The van der Waals surface area contributed by atoms with Gasteiger partial charge in [-0.15, -0.1) is 5.11 Å². The molecule has 0 aliphatic rings. The predicted octanol–water partition coefficient (Wildman–Crippen LogP) is -3.94. The van der Waals surface area contributed by atoms with Gasteiger partial charge in [-0.2, -0.15) is 25.1 Å². The average Bonchev–Trinajstić information content (AvgIpc) is 3.08. The molecule has 0 saturated heterocycles. The number of nitriles is 2. The zero-order valence-electron chi connectivity index (χ0n) is 18.5. The zero-order chi connectivity index (χ0) is 24.2. The summed E-state index contributed by atoms with van der Waals surface area (Å²) in [5.74, 6) is -0.140. The van der Waals surface area contributed by atoms with Crippen molar-refractivity contribution in [3.8, 4) is 17.8 Å². The van der Waals surface area contributed by atoms with Gasteiger partial charge in [-0.05, 0) is 43.3 Å². The maximum Gasteiger partial charge on any atom is 1.00 e. The third-order valence-corrected chi connectivity index (χ3v) is 5.61. The SMILES string of the molecule is Cc1nn(-c2cc(SOO[O-])ccc2S(=O)(=O)[O-])c(N)c1N=Nc1ccc(C#N)c(C#N)c1.[Na+].[Na+]. The number of nitrogens with zero attached hydrogens (tertiary/aromatic N) is 6. The van der Waals surface area contributed by atoms with E-state index in [1.54, 1.807) is 0 Å². The number of nitrogens with two attached hydrogens (primary N) is 1. The number of aryl methyl sites for hydroxylation is 1. The molecule has 13 nitrogen and oxygen atoms in total. The van der Waals surface area contributed by atoms with Gasteiger partial charge in [0.15, 0.2) is 11.5 Å². The largest absolute Gasteiger partial charge is 1.00 e. The first-order valence-corrected chi connectivity index (χ1v) is 10.8. The Morgan fingerprint density at radius 3 is 2.40 bits per heavy atom. The number of rotatable bonds is 7. The molecule has 0 aliphatic carbocycles. The van der Waals surface area contributed by atoms with Crippen LogP contribution in [0.1, 0.15) is 16.8 Å². The van der Waals surface area contributed by atoms with E-state index >= 15 is 0 Å². The van der Waals surface area contributed by atoms with Gasteiger partial charge in [0.1, 0.15) is 22.3 Å². The van der Waals surface area contributed by atoms with Crippen molar-refractivity contribution in [2.75, 3.05) is 5.73 Å². The Morgan fingerprint density at radius 2 is 1.80 bits per heavy atom. The Labute approximate surface area is 247 Å². The summed E-state index contributed by atoms with van der Waals surface area (Å²) < 4.78 is 40.4. The Morgan fingerprint density at radius 1 is 1.11 bits per heavy atom. The summed E-state index contributed by atoms with van der Waals surface area (Å²) in [5, 5.41) is 43.6. The second-order valence-electron chi connectivity index (χ2n) is 6.19. The molecule has 3 aromatic rings. The minimum atomic E-state index is -4.93. The third kappa shape index (κ3) is 7.34. The summed E-state index contributed by atoms with van der Waals surface area (Å²) in [5.41, 5.74) is 6.76. The fraction of sp³-hybridized carbons (Fsp3) is 0.0556. The maximum absolute atomic E-state index is 11.7. The molecule has 0 spiro atoms. The van der Waals surface area contributed by atoms with E-state index in [1.807, 2.05) is 12.1 Å². The number of azo groups is 1. The van der Waals surface area contributed by atoms with Crippen molar-refractivity contribution in [1.29, 1.82) is 10.5 Å². The monoisotopic (exact) mass is 531 g/mol. The van der Waals surface area contributed by atoms with Crippen LogP contribution in [-0.4, -0.2) is 22.8 Å². The minimum absolute atomic E-state index is 0. The summed E-state index contributed by atoms with van der Waals surface area (Å²) in [6.07, 6.45) is 0. The smallest absolute Gasteiger partial charge is 0.744 e. The molecule has 0 aliphatic heterocycles. The summed E-state index contributed by atoms with van der Waals surface area (Å²) >= 11 is 0.475. The van der Waals surface area contributed by atoms with Crippen LogP contribution in [0.2, 0.25) is 0 Å². The first-order chi connectivity index (χ1) is 15.7. The van der Waals surface area contributed by atoms with Crippen molar-refractivity contribution in [3.63, 3.8) is 0 Å². The molecule has 0 amide bonds. The molecule has 2 aromatic carbocycles. The molecule has 1 aromatic heterocycles. The van der Waals surface area contributed by atoms with Crippen LogP contribution in [0.15, 0.2) is 56.4 Å². The van der Waals surface area contributed by atoms with Gasteiger partial charge in [-0.1, -0.05) is 0 Å². The van der Waals surface area contributed by atoms with Gasteiger partial charge in [0.2, 0.25) is 0 Å². The van der Waals surface area contributed by atoms with Crippen LogP contribution in [0.5, 0.6) is 0 Å². The molecule has 0 saturated carbocycles. The Bertz CT molecular complexity index is 1450. The van der Waals surface area contributed by atoms with E-state index in [0.29, 0.717) is 12.0 Å². The summed E-state index contributed by atoms with van der Waals surface area (Å²) in [7, 11) is -4.93. The van der Waals surface area contributed by atoms with Gasteiger partial charge in [0, 0.05) is 4.90 Å². The van der Waals surface area contributed by atoms with Crippen LogP contribution >= 0.6 is 12.0 Å². The third-order valence-electron chi connectivity index (χ3n) is 4.16. The van der Waals surface area contributed by atoms with Crippen LogP contribution in [0.3, 0.4) is 0 Å². The molecule has 0 atom stereocenters. The first kappa shape index (κ1) is 31.2. The van der Waals surface area contributed by atoms with Crippen molar-refractivity contribution in [1.82, 2.24) is 9.78 Å². The van der Waals surface area contributed by atoms with Gasteiger partial charge in [0.25, 0.3) is 0 Å². The second-order valence-corrected chi connectivity index (χ2v) is 8.31. The number of hydrogen-bond acceptors (Lipinski definition) is 13. The van der Waals surface area contributed by atoms with Crippen LogP contribution in [0, 0.1) is 29.6 Å². The van der Waals surface area contributed by atoms with Gasteiger partial charge in [-0.25, -0.2) is 13.1 Å². The number of aromatic nitrogens is 2. The molecule has 0 unspecified atom stereocenters. The van der Waals surface area contributed by atoms with E-state index in [2.05, 4.69) is 24.7 Å². The van der Waals surface area contributed by atoms with Crippen molar-refractivity contribution in [3.05, 3.63) is 53.2 Å². The van der Waals surface area contributed by atoms with Crippen molar-refractivity contribution in [2.45, 2.75) is 16.7 Å². The number of hydrogen-bond donors (Lipinski definition) is 1. The van der Waals surface area contributed by atoms with Crippen molar-refractivity contribution in [2.24, 2.45) is 10.2 Å². The molecule has 17 heteroatoms. The van der Waals surface area contributed by atoms with E-state index in [0.717, 1.165) is 10.7 Å². The summed E-state index contributed by atoms with van der Waals surface area (Å²) in [6, 6.07) is 11.4. The maximum atomic E-state index is 11.7. The van der Waals surface area contributed by atoms with E-state index in [9.17, 15) is 18.2 Å². The summed E-state index contributed by atoms with van der Waals surface area (Å²) in [6.45, 7) is 1.53. The van der Waals surface area contributed by atoms with E-state index in [1.165, 1.54) is 37.3 Å². The Hall–Kier alpha value is -1.83. The molecule has 0 fully saturated rings. The quantitative estimate of drug-likeness (QED) is 0.0775. The van der Waals surface area contributed by atoms with Gasteiger partial charge in [0.05, 0.1) is 45.1 Å². The zero-order valence-corrected chi connectivity index (χ0v) is 24.1. The van der Waals surface area contributed by atoms with Gasteiger partial charge in [-0.3, -0.25) is 5.04 Å². The number of benzene rings is 2. The van der Waals surface area contributed by atoms with E-state index in [4.69, 9.17) is 16.3 Å².